The molecule has 0 aliphatic carbocycles. The number of para-hydroxylation sites is 2. The summed E-state index contributed by atoms with van der Waals surface area (Å²) < 4.78 is 0. The van der Waals surface area contributed by atoms with E-state index in [0.717, 1.165) is 26.1 Å². The monoisotopic (exact) mass is 342 g/mol. The Hall–Kier alpha value is -1.70. The molecule has 2 rings (SSSR count). The lowest BCUT2D eigenvalue weighted by atomic mass is 9.98. The Morgan fingerprint density at radius 3 is 2.87 bits per heavy atom. The first-order valence-electron chi connectivity index (χ1n) is 7.50. The van der Waals surface area contributed by atoms with Gasteiger partial charge in [0.05, 0.1) is 11.5 Å². The summed E-state index contributed by atoms with van der Waals surface area (Å²) in [6.07, 6.45) is 2.24. The summed E-state index contributed by atoms with van der Waals surface area (Å²) in [6, 6.07) is 6.20. The first-order chi connectivity index (χ1) is 10.6. The van der Waals surface area contributed by atoms with E-state index < -0.39 is 4.92 Å². The van der Waals surface area contributed by atoms with Gasteiger partial charge in [0.15, 0.2) is 0 Å². The van der Waals surface area contributed by atoms with Crippen LogP contribution in [0.5, 0.6) is 0 Å². The molecule has 1 aromatic rings. The molecule has 1 saturated heterocycles. The van der Waals surface area contributed by atoms with Gasteiger partial charge in [0, 0.05) is 12.6 Å². The zero-order chi connectivity index (χ0) is 15.9. The number of benzene rings is 1. The maximum absolute atomic E-state index is 12.1. The number of nitro benzene ring substituents is 1. The van der Waals surface area contributed by atoms with Gasteiger partial charge in [-0.25, -0.2) is 0 Å². The van der Waals surface area contributed by atoms with Crippen molar-refractivity contribution < 1.29 is 9.72 Å². The fourth-order valence-electron chi connectivity index (χ4n) is 2.88. The highest BCUT2D eigenvalue weighted by molar-refractivity contribution is 5.94. The Morgan fingerprint density at radius 1 is 1.43 bits per heavy atom. The summed E-state index contributed by atoms with van der Waals surface area (Å²) in [5, 5.41) is 16.8. The molecule has 1 fully saturated rings. The molecule has 1 aromatic carbocycles. The van der Waals surface area contributed by atoms with E-state index in [0.29, 0.717) is 5.92 Å². The predicted molar refractivity (Wildman–Crippen MR) is 92.1 cm³/mol. The Labute approximate surface area is 142 Å². The van der Waals surface area contributed by atoms with Gasteiger partial charge in [0.1, 0.15) is 5.69 Å². The van der Waals surface area contributed by atoms with Gasteiger partial charge in [-0.05, 0) is 45.0 Å². The van der Waals surface area contributed by atoms with Crippen LogP contribution in [0.4, 0.5) is 11.4 Å². The van der Waals surface area contributed by atoms with Crippen LogP contribution in [0.3, 0.4) is 0 Å². The van der Waals surface area contributed by atoms with Crippen LogP contribution in [0, 0.1) is 16.0 Å². The SMILES string of the molecule is CNCC1CCCN(CC(=O)Nc2ccccc2[N+](=O)[O-])C1.Cl. The minimum atomic E-state index is -0.487. The maximum Gasteiger partial charge on any atom is 0.292 e. The van der Waals surface area contributed by atoms with Crippen LogP contribution in [0.15, 0.2) is 24.3 Å². The van der Waals surface area contributed by atoms with Crippen molar-refractivity contribution in [1.82, 2.24) is 10.2 Å². The van der Waals surface area contributed by atoms with Crippen LogP contribution < -0.4 is 10.6 Å². The topological polar surface area (TPSA) is 87.5 Å². The average Bonchev–Trinajstić information content (AvgIpc) is 2.48. The Morgan fingerprint density at radius 2 is 2.17 bits per heavy atom. The molecule has 1 heterocycles. The van der Waals surface area contributed by atoms with Crippen molar-refractivity contribution in [2.75, 3.05) is 38.5 Å². The van der Waals surface area contributed by atoms with Gasteiger partial charge >= 0.3 is 0 Å². The van der Waals surface area contributed by atoms with Crippen LogP contribution in [-0.2, 0) is 4.79 Å². The van der Waals surface area contributed by atoms with E-state index in [1.165, 1.54) is 12.5 Å². The van der Waals surface area contributed by atoms with Crippen LogP contribution >= 0.6 is 12.4 Å². The average molecular weight is 343 g/mol. The Kier molecular flexibility index (Phi) is 7.94. The second kappa shape index (κ2) is 9.44. The molecule has 0 radical (unpaired) electrons. The van der Waals surface area contributed by atoms with Crippen LogP contribution in [0.2, 0.25) is 0 Å². The maximum atomic E-state index is 12.1. The zero-order valence-electron chi connectivity index (χ0n) is 13.2. The highest BCUT2D eigenvalue weighted by atomic mass is 35.5. The van der Waals surface area contributed by atoms with Gasteiger partial charge in [0.25, 0.3) is 5.69 Å². The van der Waals surface area contributed by atoms with Crippen molar-refractivity contribution in [3.63, 3.8) is 0 Å². The van der Waals surface area contributed by atoms with Crippen LogP contribution in [-0.4, -0.2) is 49.0 Å². The lowest BCUT2D eigenvalue weighted by Crippen LogP contribution is -2.42. The number of amides is 1. The lowest BCUT2D eigenvalue weighted by Gasteiger charge is -2.32. The smallest absolute Gasteiger partial charge is 0.292 e. The largest absolute Gasteiger partial charge is 0.319 e. The third-order valence-electron chi connectivity index (χ3n) is 3.84. The number of piperidine rings is 1. The number of anilines is 1. The molecule has 1 aliphatic heterocycles. The van der Waals surface area contributed by atoms with Crippen molar-refractivity contribution in [1.29, 1.82) is 0 Å². The predicted octanol–water partition coefficient (Wildman–Crippen LogP) is 1.89. The molecule has 7 nitrogen and oxygen atoms in total. The molecular weight excluding hydrogens is 320 g/mol. The highest BCUT2D eigenvalue weighted by Crippen LogP contribution is 2.23. The van der Waals surface area contributed by atoms with Gasteiger partial charge in [-0.1, -0.05) is 12.1 Å². The number of nitrogens with one attached hydrogen (secondary N) is 2. The normalized spacial score (nSPS) is 18.0. The summed E-state index contributed by atoms with van der Waals surface area (Å²) in [5.41, 5.74) is 0.170. The van der Waals surface area contributed by atoms with Gasteiger partial charge < -0.3 is 10.6 Å². The number of nitrogens with zero attached hydrogens (tertiary/aromatic N) is 2. The number of hydrogen-bond donors (Lipinski definition) is 2. The van der Waals surface area contributed by atoms with E-state index >= 15 is 0 Å². The summed E-state index contributed by atoms with van der Waals surface area (Å²) in [6.45, 7) is 2.99. The second-order valence-electron chi connectivity index (χ2n) is 5.62. The number of rotatable bonds is 6. The van der Waals surface area contributed by atoms with E-state index in [9.17, 15) is 14.9 Å². The van der Waals surface area contributed by atoms with Crippen molar-refractivity contribution in [2.45, 2.75) is 12.8 Å². The highest BCUT2D eigenvalue weighted by Gasteiger charge is 2.22. The fraction of sp³-hybridized carbons (Fsp3) is 0.533. The number of carbonyl (C=O) groups excluding carboxylic acids is 1. The minimum absolute atomic E-state index is 0. The van der Waals surface area contributed by atoms with Crippen molar-refractivity contribution in [2.24, 2.45) is 5.92 Å². The molecule has 1 unspecified atom stereocenters. The molecule has 1 amide bonds. The summed E-state index contributed by atoms with van der Waals surface area (Å²) in [4.78, 5) is 24.7. The van der Waals surface area contributed by atoms with E-state index in [-0.39, 0.29) is 36.2 Å². The number of halogens is 1. The first-order valence-corrected chi connectivity index (χ1v) is 7.50. The Bertz CT molecular complexity index is 539. The molecule has 1 aliphatic rings. The number of hydrogen-bond acceptors (Lipinski definition) is 5. The molecule has 128 valence electrons. The number of nitro groups is 1. The van der Waals surface area contributed by atoms with E-state index in [1.807, 2.05) is 7.05 Å². The zero-order valence-corrected chi connectivity index (χ0v) is 14.0. The molecule has 1 atom stereocenters. The van der Waals surface area contributed by atoms with E-state index in [4.69, 9.17) is 0 Å². The minimum Gasteiger partial charge on any atom is -0.319 e. The molecule has 0 aromatic heterocycles. The standard InChI is InChI=1S/C15H22N4O3.ClH/c1-16-9-12-5-4-8-18(10-12)11-15(20)17-13-6-2-3-7-14(13)19(21)22;/h2-3,6-7,12,16H,4-5,8-11H2,1H3,(H,17,20);1H. The van der Waals surface area contributed by atoms with E-state index in [2.05, 4.69) is 15.5 Å². The molecule has 0 bridgehead atoms. The summed E-state index contributed by atoms with van der Waals surface area (Å²) >= 11 is 0. The molecule has 2 N–H and O–H groups in total. The molecular formula is C15H23ClN4O3. The first kappa shape index (κ1) is 19.3. The van der Waals surface area contributed by atoms with Crippen molar-refractivity contribution >= 4 is 29.7 Å². The molecule has 0 spiro atoms. The lowest BCUT2D eigenvalue weighted by molar-refractivity contribution is -0.383. The van der Waals surface area contributed by atoms with Gasteiger partial charge in [-0.2, -0.15) is 0 Å². The van der Waals surface area contributed by atoms with Crippen molar-refractivity contribution in [3.05, 3.63) is 34.4 Å². The Balaban J connectivity index is 0.00000264. The second-order valence-corrected chi connectivity index (χ2v) is 5.62. The molecule has 23 heavy (non-hydrogen) atoms. The van der Waals surface area contributed by atoms with Crippen LogP contribution in [0.1, 0.15) is 12.8 Å². The van der Waals surface area contributed by atoms with Crippen LogP contribution in [0.25, 0.3) is 0 Å². The van der Waals surface area contributed by atoms with Gasteiger partial charge in [-0.15, -0.1) is 12.4 Å². The quantitative estimate of drug-likeness (QED) is 0.609. The third kappa shape index (κ3) is 5.78. The van der Waals surface area contributed by atoms with Crippen molar-refractivity contribution in [3.8, 4) is 0 Å². The van der Waals surface area contributed by atoms with Gasteiger partial charge in [0.2, 0.25) is 5.91 Å². The van der Waals surface area contributed by atoms with E-state index in [1.54, 1.807) is 18.2 Å². The summed E-state index contributed by atoms with van der Waals surface area (Å²) in [5.74, 6) is 0.344. The molecule has 0 saturated carbocycles. The summed E-state index contributed by atoms with van der Waals surface area (Å²) in [7, 11) is 1.93. The fourth-order valence-corrected chi connectivity index (χ4v) is 2.88. The third-order valence-corrected chi connectivity index (χ3v) is 3.84. The van der Waals surface area contributed by atoms with Gasteiger partial charge in [-0.3, -0.25) is 19.8 Å². The number of likely N-dealkylation sites (tertiary alicyclic amines) is 1. The molecule has 8 heteroatoms. The number of carbonyl (C=O) groups is 1.